The second kappa shape index (κ2) is 7.10. The van der Waals surface area contributed by atoms with Crippen molar-refractivity contribution in [3.05, 3.63) is 12.7 Å². The lowest BCUT2D eigenvalue weighted by atomic mass is 10.3. The summed E-state index contributed by atoms with van der Waals surface area (Å²) in [6, 6.07) is 0. The zero-order valence-corrected chi connectivity index (χ0v) is 10.1. The largest absolute Gasteiger partial charge is 1.00 e. The van der Waals surface area contributed by atoms with Crippen molar-refractivity contribution in [3.8, 4) is 0 Å². The molecule has 0 aromatic carbocycles. The van der Waals surface area contributed by atoms with Crippen LogP contribution in [0.25, 0.3) is 0 Å². The van der Waals surface area contributed by atoms with Crippen LogP contribution >= 0.6 is 0 Å². The maximum Gasteiger partial charge on any atom is 0.0966 e. The number of hydrogen-bond donors (Lipinski definition) is 0. The molecule has 0 aromatic rings. The third-order valence-electron chi connectivity index (χ3n) is 1.74. The Morgan fingerprint density at radius 2 is 1.91 bits per heavy atom. The van der Waals surface area contributed by atoms with E-state index in [4.69, 9.17) is 0 Å². The van der Waals surface area contributed by atoms with Gasteiger partial charge in [0.25, 0.3) is 0 Å². The van der Waals surface area contributed by atoms with E-state index in [1.54, 1.807) is 0 Å². The predicted molar refractivity (Wildman–Crippen MR) is 46.9 cm³/mol. The molecule has 0 aliphatic carbocycles. The number of quaternary nitrogens is 1. The van der Waals surface area contributed by atoms with Gasteiger partial charge in [-0.2, -0.15) is 0 Å². The van der Waals surface area contributed by atoms with Gasteiger partial charge in [-0.15, -0.1) is 0 Å². The molecule has 0 rings (SSSR count). The van der Waals surface area contributed by atoms with Crippen LogP contribution < -0.4 is 24.0 Å². The Labute approximate surface area is 88.1 Å². The quantitative estimate of drug-likeness (QED) is 0.343. The van der Waals surface area contributed by atoms with Gasteiger partial charge >= 0.3 is 0 Å². The first-order chi connectivity index (χ1) is 4.62. The monoisotopic (exact) mass is 269 g/mol. The highest BCUT2D eigenvalue weighted by Gasteiger charge is 2.09. The van der Waals surface area contributed by atoms with Crippen LogP contribution in [0.5, 0.6) is 0 Å². The molecule has 0 aliphatic heterocycles. The molecule has 0 aliphatic rings. The van der Waals surface area contributed by atoms with Crippen molar-refractivity contribution >= 4 is 0 Å². The van der Waals surface area contributed by atoms with Crippen LogP contribution in [0.4, 0.5) is 0 Å². The highest BCUT2D eigenvalue weighted by Crippen LogP contribution is 2.00. The molecular formula is C9H20IN. The van der Waals surface area contributed by atoms with Gasteiger partial charge in [0.05, 0.1) is 27.2 Å². The normalized spacial score (nSPS) is 10.5. The van der Waals surface area contributed by atoms with Gasteiger partial charge in [0, 0.05) is 0 Å². The Morgan fingerprint density at radius 1 is 1.36 bits per heavy atom. The molecule has 11 heavy (non-hydrogen) atoms. The summed E-state index contributed by atoms with van der Waals surface area (Å²) in [6.07, 6.45) is 4.61. The lowest BCUT2D eigenvalue weighted by Gasteiger charge is -2.28. The number of rotatable bonds is 5. The number of unbranched alkanes of at least 4 members (excludes halogenated alkanes) is 1. The molecule has 0 aromatic heterocycles. The summed E-state index contributed by atoms with van der Waals surface area (Å²) in [6.45, 7) is 8.32. The van der Waals surface area contributed by atoms with Crippen LogP contribution in [0, 0.1) is 0 Å². The third kappa shape index (κ3) is 8.34. The number of halogens is 1. The molecule has 2 heteroatoms. The van der Waals surface area contributed by atoms with Gasteiger partial charge in [-0.1, -0.05) is 19.9 Å². The van der Waals surface area contributed by atoms with Gasteiger partial charge in [0.15, 0.2) is 0 Å². The molecule has 0 unspecified atom stereocenters. The number of likely N-dealkylation sites (N-methyl/N-ethyl adjacent to an activating group) is 1. The van der Waals surface area contributed by atoms with Crippen molar-refractivity contribution in [2.45, 2.75) is 19.8 Å². The lowest BCUT2D eigenvalue weighted by molar-refractivity contribution is -0.884. The van der Waals surface area contributed by atoms with E-state index in [2.05, 4.69) is 27.6 Å². The first-order valence-electron chi connectivity index (χ1n) is 4.05. The number of nitrogens with zero attached hydrogens (tertiary/aromatic N) is 1. The summed E-state index contributed by atoms with van der Waals surface area (Å²) >= 11 is 0. The van der Waals surface area contributed by atoms with Gasteiger partial charge in [-0.25, -0.2) is 0 Å². The first kappa shape index (κ1) is 14.0. The Morgan fingerprint density at radius 3 is 2.27 bits per heavy atom. The fourth-order valence-corrected chi connectivity index (χ4v) is 1.03. The SMILES string of the molecule is C=CC[N+](C)(C)CCCC.[I-]. The summed E-state index contributed by atoms with van der Waals surface area (Å²) in [5.41, 5.74) is 0. The Bertz CT molecular complexity index is 99.7. The van der Waals surface area contributed by atoms with E-state index in [-0.39, 0.29) is 24.0 Å². The summed E-state index contributed by atoms with van der Waals surface area (Å²) in [5, 5.41) is 0. The Hall–Kier alpha value is 0.430. The third-order valence-corrected chi connectivity index (χ3v) is 1.74. The average Bonchev–Trinajstić information content (AvgIpc) is 1.84. The van der Waals surface area contributed by atoms with Crippen LogP contribution in [-0.4, -0.2) is 31.7 Å². The van der Waals surface area contributed by atoms with E-state index in [0.717, 1.165) is 11.0 Å². The minimum absolute atomic E-state index is 0. The molecule has 0 spiro atoms. The van der Waals surface area contributed by atoms with E-state index in [0.29, 0.717) is 0 Å². The minimum Gasteiger partial charge on any atom is -1.00 e. The highest BCUT2D eigenvalue weighted by molar-refractivity contribution is 4.64. The van der Waals surface area contributed by atoms with Gasteiger partial charge in [-0.05, 0) is 12.5 Å². The topological polar surface area (TPSA) is 0 Å². The second-order valence-corrected chi connectivity index (χ2v) is 3.48. The van der Waals surface area contributed by atoms with Crippen molar-refractivity contribution in [1.29, 1.82) is 0 Å². The van der Waals surface area contributed by atoms with Crippen LogP contribution in [0.3, 0.4) is 0 Å². The summed E-state index contributed by atoms with van der Waals surface area (Å²) in [5.74, 6) is 0. The smallest absolute Gasteiger partial charge is 0.0966 e. The lowest BCUT2D eigenvalue weighted by Crippen LogP contribution is -3.00. The predicted octanol–water partition coefficient (Wildman–Crippen LogP) is -0.947. The molecule has 0 N–H and O–H groups in total. The standard InChI is InChI=1S/C9H20N.HI/c1-5-7-9-10(3,4)8-6-2;/h6H,2,5,7-9H2,1,3-4H3;1H/q+1;/p-1. The van der Waals surface area contributed by atoms with Crippen molar-refractivity contribution < 1.29 is 28.5 Å². The molecular weight excluding hydrogens is 249 g/mol. The fourth-order valence-electron chi connectivity index (χ4n) is 1.03. The molecule has 0 saturated heterocycles. The minimum atomic E-state index is 0. The molecule has 0 radical (unpaired) electrons. The van der Waals surface area contributed by atoms with Gasteiger partial charge < -0.3 is 28.5 Å². The summed E-state index contributed by atoms with van der Waals surface area (Å²) in [7, 11) is 4.49. The molecule has 0 fully saturated rings. The van der Waals surface area contributed by atoms with Crippen LogP contribution in [0.15, 0.2) is 12.7 Å². The first-order valence-corrected chi connectivity index (χ1v) is 4.05. The van der Waals surface area contributed by atoms with Crippen LogP contribution in [0.2, 0.25) is 0 Å². The molecule has 0 heterocycles. The van der Waals surface area contributed by atoms with Gasteiger partial charge in [0.2, 0.25) is 0 Å². The van der Waals surface area contributed by atoms with Crippen LogP contribution in [0.1, 0.15) is 19.8 Å². The fraction of sp³-hybridized carbons (Fsp3) is 0.778. The van der Waals surface area contributed by atoms with E-state index < -0.39 is 0 Å². The zero-order valence-electron chi connectivity index (χ0n) is 7.94. The van der Waals surface area contributed by atoms with Crippen molar-refractivity contribution in [2.75, 3.05) is 27.2 Å². The summed E-state index contributed by atoms with van der Waals surface area (Å²) < 4.78 is 1.08. The average molecular weight is 269 g/mol. The number of hydrogen-bond acceptors (Lipinski definition) is 0. The van der Waals surface area contributed by atoms with Crippen molar-refractivity contribution in [3.63, 3.8) is 0 Å². The molecule has 1 nitrogen and oxygen atoms in total. The van der Waals surface area contributed by atoms with E-state index in [1.165, 1.54) is 19.4 Å². The Kier molecular flexibility index (Phi) is 9.02. The summed E-state index contributed by atoms with van der Waals surface area (Å²) in [4.78, 5) is 0. The van der Waals surface area contributed by atoms with E-state index >= 15 is 0 Å². The molecule has 0 saturated carbocycles. The van der Waals surface area contributed by atoms with Gasteiger partial charge in [0.1, 0.15) is 0 Å². The Balaban J connectivity index is 0. The zero-order chi connectivity index (χ0) is 8.04. The van der Waals surface area contributed by atoms with E-state index in [1.807, 2.05) is 6.08 Å². The van der Waals surface area contributed by atoms with Crippen molar-refractivity contribution in [1.82, 2.24) is 0 Å². The molecule has 0 atom stereocenters. The molecule has 0 amide bonds. The molecule has 0 bridgehead atoms. The van der Waals surface area contributed by atoms with E-state index in [9.17, 15) is 0 Å². The second-order valence-electron chi connectivity index (χ2n) is 3.48. The van der Waals surface area contributed by atoms with Crippen LogP contribution in [-0.2, 0) is 0 Å². The maximum atomic E-state index is 3.74. The maximum absolute atomic E-state index is 3.74. The highest BCUT2D eigenvalue weighted by atomic mass is 127. The van der Waals surface area contributed by atoms with Gasteiger partial charge in [-0.3, -0.25) is 0 Å². The molecule has 68 valence electrons. The van der Waals surface area contributed by atoms with Crippen molar-refractivity contribution in [2.24, 2.45) is 0 Å².